The van der Waals surface area contributed by atoms with Crippen LogP contribution < -0.4 is 10.1 Å². The van der Waals surface area contributed by atoms with Crippen LogP contribution in [0.3, 0.4) is 0 Å². The molecule has 166 valence electrons. The number of halogens is 3. The number of rotatable bonds is 5. The molecule has 1 aliphatic rings. The van der Waals surface area contributed by atoms with Gasteiger partial charge in [-0.15, -0.1) is 8.78 Å². The number of carbonyl (C=O) groups is 3. The van der Waals surface area contributed by atoms with Crippen molar-refractivity contribution in [1.29, 1.82) is 0 Å². The van der Waals surface area contributed by atoms with Crippen molar-refractivity contribution in [3.05, 3.63) is 98.6 Å². The van der Waals surface area contributed by atoms with Crippen molar-refractivity contribution in [3.63, 3.8) is 0 Å². The molecule has 0 saturated heterocycles. The third-order valence-corrected chi connectivity index (χ3v) is 4.92. The quantitative estimate of drug-likeness (QED) is 0.253. The van der Waals surface area contributed by atoms with Crippen molar-refractivity contribution in [2.75, 3.05) is 5.32 Å². The van der Waals surface area contributed by atoms with Gasteiger partial charge < -0.3 is 10.1 Å². The van der Waals surface area contributed by atoms with Crippen LogP contribution in [-0.2, 0) is 0 Å². The Kier molecular flexibility index (Phi) is 5.38. The minimum atomic E-state index is -3.92. The molecule has 0 atom stereocenters. The van der Waals surface area contributed by atoms with Gasteiger partial charge in [-0.2, -0.15) is 0 Å². The summed E-state index contributed by atoms with van der Waals surface area (Å²) in [4.78, 5) is 49.5. The van der Waals surface area contributed by atoms with Crippen molar-refractivity contribution >= 4 is 40.4 Å². The number of hydrogen-bond acceptors (Lipinski definition) is 6. The normalized spacial score (nSPS) is 12.6. The highest BCUT2D eigenvalue weighted by Gasteiger charge is 2.38. The molecule has 33 heavy (non-hydrogen) atoms. The molecule has 0 aromatic heterocycles. The van der Waals surface area contributed by atoms with Gasteiger partial charge in [0.05, 0.1) is 4.92 Å². The summed E-state index contributed by atoms with van der Waals surface area (Å²) in [6.45, 7) is 0. The molecule has 0 radical (unpaired) electrons. The van der Waals surface area contributed by atoms with Crippen molar-refractivity contribution in [2.24, 2.45) is 0 Å². The van der Waals surface area contributed by atoms with Crippen molar-refractivity contribution < 1.29 is 32.8 Å². The fourth-order valence-corrected chi connectivity index (χ4v) is 3.57. The number of carbonyl (C=O) groups excluding carboxylic acids is 3. The van der Waals surface area contributed by atoms with Crippen LogP contribution in [0.2, 0.25) is 0 Å². The summed E-state index contributed by atoms with van der Waals surface area (Å²) in [6, 6.07) is 12.8. The minimum absolute atomic E-state index is 0.00217. The van der Waals surface area contributed by atoms with E-state index < -0.39 is 44.8 Å². The number of nitrogens with one attached hydrogen (secondary N) is 1. The van der Waals surface area contributed by atoms with Crippen LogP contribution >= 0.6 is 11.6 Å². The zero-order valence-electron chi connectivity index (χ0n) is 16.3. The largest absolute Gasteiger partial charge is 0.487 e. The molecule has 3 aromatic carbocycles. The van der Waals surface area contributed by atoms with E-state index in [1.54, 1.807) is 6.07 Å². The standard InChI is InChI=1S/C22H11ClF2N2O6/c23-22(24,25)33-12-7-5-11(6-8-12)26-21(30)16-10-9-15-17(18(16)27(31)32)20(29)14-4-2-1-3-13(14)19(15)28/h1-10H,(H,26,30). The Morgan fingerprint density at radius 1 is 0.939 bits per heavy atom. The maximum absolute atomic E-state index is 13.0. The molecule has 11 heteroatoms. The third-order valence-electron chi connectivity index (χ3n) is 4.84. The second-order valence-corrected chi connectivity index (χ2v) is 7.31. The zero-order chi connectivity index (χ0) is 23.9. The van der Waals surface area contributed by atoms with E-state index in [0.29, 0.717) is 0 Å². The number of nitro benzene ring substituents is 1. The topological polar surface area (TPSA) is 116 Å². The fourth-order valence-electron chi connectivity index (χ4n) is 3.48. The lowest BCUT2D eigenvalue weighted by Crippen LogP contribution is -2.24. The first kappa shape index (κ1) is 22.0. The van der Waals surface area contributed by atoms with Crippen LogP contribution in [0.15, 0.2) is 60.7 Å². The summed E-state index contributed by atoms with van der Waals surface area (Å²) in [6.07, 6.45) is 0. The maximum Gasteiger partial charge on any atom is 0.487 e. The highest BCUT2D eigenvalue weighted by atomic mass is 35.5. The molecule has 0 fully saturated rings. The molecule has 3 aromatic rings. The lowest BCUT2D eigenvalue weighted by atomic mass is 9.82. The number of ether oxygens (including phenoxy) is 1. The fraction of sp³-hybridized carbons (Fsp3) is 0.0455. The van der Waals surface area contributed by atoms with E-state index in [0.717, 1.165) is 18.2 Å². The highest BCUT2D eigenvalue weighted by Crippen LogP contribution is 2.36. The molecule has 1 amide bonds. The average molecular weight is 473 g/mol. The summed E-state index contributed by atoms with van der Waals surface area (Å²) in [5.41, 5.74) is -5.60. The summed E-state index contributed by atoms with van der Waals surface area (Å²) in [5, 5.41) is 14.2. The summed E-state index contributed by atoms with van der Waals surface area (Å²) < 4.78 is 29.6. The van der Waals surface area contributed by atoms with Gasteiger partial charge in [-0.05, 0) is 36.4 Å². The molecule has 1 N–H and O–H groups in total. The minimum Gasteiger partial charge on any atom is -0.420 e. The van der Waals surface area contributed by atoms with Gasteiger partial charge in [0.2, 0.25) is 5.78 Å². The predicted octanol–water partition coefficient (Wildman–Crippen LogP) is 4.79. The molecule has 8 nitrogen and oxygen atoms in total. The first-order valence-electron chi connectivity index (χ1n) is 9.24. The lowest BCUT2D eigenvalue weighted by Gasteiger charge is -2.18. The van der Waals surface area contributed by atoms with Crippen LogP contribution in [-0.4, -0.2) is 28.0 Å². The predicted molar refractivity (Wildman–Crippen MR) is 112 cm³/mol. The van der Waals surface area contributed by atoms with Gasteiger partial charge in [0.1, 0.15) is 16.9 Å². The molecule has 0 bridgehead atoms. The number of ketones is 2. The smallest absolute Gasteiger partial charge is 0.420 e. The monoisotopic (exact) mass is 472 g/mol. The summed E-state index contributed by atoms with van der Waals surface area (Å²) in [5.74, 6) is -2.54. The molecule has 1 aliphatic carbocycles. The molecular formula is C22H11ClF2N2O6. The summed E-state index contributed by atoms with van der Waals surface area (Å²) >= 11 is 4.69. The van der Waals surface area contributed by atoms with E-state index in [9.17, 15) is 33.3 Å². The van der Waals surface area contributed by atoms with Gasteiger partial charge >= 0.3 is 5.57 Å². The molecule has 0 unspecified atom stereocenters. The lowest BCUT2D eigenvalue weighted by molar-refractivity contribution is -0.385. The Balaban J connectivity index is 1.71. The van der Waals surface area contributed by atoms with E-state index in [2.05, 4.69) is 21.7 Å². The van der Waals surface area contributed by atoms with Gasteiger partial charge in [-0.25, -0.2) is 0 Å². The van der Waals surface area contributed by atoms with Gasteiger partial charge in [0.15, 0.2) is 5.78 Å². The Labute approximate surface area is 188 Å². The number of nitrogens with zero attached hydrogens (tertiary/aromatic N) is 1. The second-order valence-electron chi connectivity index (χ2n) is 6.87. The van der Waals surface area contributed by atoms with Crippen molar-refractivity contribution in [1.82, 2.24) is 0 Å². The Hall–Kier alpha value is -4.18. The Bertz CT molecular complexity index is 1340. The van der Waals surface area contributed by atoms with Gasteiger partial charge in [-0.3, -0.25) is 24.5 Å². The number of amides is 1. The van der Waals surface area contributed by atoms with E-state index in [1.165, 1.54) is 36.4 Å². The first-order chi connectivity index (χ1) is 15.6. The third kappa shape index (κ3) is 4.15. The Morgan fingerprint density at radius 3 is 2.12 bits per heavy atom. The zero-order valence-corrected chi connectivity index (χ0v) is 17.1. The number of hydrogen-bond donors (Lipinski definition) is 1. The SMILES string of the molecule is O=C1c2ccccc2C(=O)c2c1ccc(C(=O)Nc1ccc(OC(F)(F)Cl)cc1)c2[N+](=O)[O-]. The van der Waals surface area contributed by atoms with E-state index >= 15 is 0 Å². The number of fused-ring (bicyclic) bond motifs is 2. The van der Waals surface area contributed by atoms with Gasteiger partial charge in [0.25, 0.3) is 11.6 Å². The van der Waals surface area contributed by atoms with Crippen LogP contribution in [0, 0.1) is 10.1 Å². The average Bonchev–Trinajstić information content (AvgIpc) is 2.76. The van der Waals surface area contributed by atoms with Crippen LogP contribution in [0.4, 0.5) is 20.2 Å². The molecule has 4 rings (SSSR count). The number of anilines is 1. The second kappa shape index (κ2) is 8.06. The Morgan fingerprint density at radius 2 is 1.55 bits per heavy atom. The highest BCUT2D eigenvalue weighted by molar-refractivity contribution is 6.30. The first-order valence-corrected chi connectivity index (χ1v) is 9.61. The van der Waals surface area contributed by atoms with Crippen LogP contribution in [0.5, 0.6) is 5.75 Å². The van der Waals surface area contributed by atoms with E-state index in [4.69, 9.17) is 0 Å². The maximum atomic E-state index is 13.0. The van der Waals surface area contributed by atoms with Gasteiger partial charge in [0, 0.05) is 34.0 Å². The number of alkyl halides is 3. The van der Waals surface area contributed by atoms with E-state index in [-0.39, 0.29) is 28.1 Å². The number of nitro groups is 1. The molecule has 0 spiro atoms. The van der Waals surface area contributed by atoms with Crippen LogP contribution in [0.25, 0.3) is 0 Å². The van der Waals surface area contributed by atoms with Crippen LogP contribution in [0.1, 0.15) is 42.2 Å². The molecule has 0 saturated carbocycles. The molecule has 0 heterocycles. The van der Waals surface area contributed by atoms with Gasteiger partial charge in [-0.1, -0.05) is 24.3 Å². The van der Waals surface area contributed by atoms with Crippen molar-refractivity contribution in [3.8, 4) is 5.75 Å². The molecular weight excluding hydrogens is 462 g/mol. The van der Waals surface area contributed by atoms with Crippen molar-refractivity contribution in [2.45, 2.75) is 5.57 Å². The molecule has 0 aliphatic heterocycles. The van der Waals surface area contributed by atoms with E-state index in [1.807, 2.05) is 0 Å². The number of benzene rings is 3. The summed E-state index contributed by atoms with van der Waals surface area (Å²) in [7, 11) is 0.